The molecule has 0 heterocycles. The van der Waals surface area contributed by atoms with Crippen molar-refractivity contribution >= 4 is 17.7 Å². The minimum atomic E-state index is -1.09. The summed E-state index contributed by atoms with van der Waals surface area (Å²) in [6, 6.07) is 0. The van der Waals surface area contributed by atoms with Gasteiger partial charge in [0.1, 0.15) is 25.1 Å². The first-order chi connectivity index (χ1) is 22.0. The molecular formula is C37H66O9. The highest BCUT2D eigenvalue weighted by molar-refractivity contribution is 5.79. The lowest BCUT2D eigenvalue weighted by Gasteiger charge is -2.20. The normalized spacial score (nSPS) is 21.1. The maximum Gasteiger partial charge on any atom is 0.305 e. The number of carbonyl (C=O) groups is 3. The Morgan fingerprint density at radius 1 is 0.717 bits per heavy atom. The summed E-state index contributed by atoms with van der Waals surface area (Å²) < 4.78 is 10.2. The molecule has 9 heteroatoms. The highest BCUT2D eigenvalue weighted by Gasteiger charge is 2.41. The Kier molecular flexibility index (Phi) is 24.0. The molecule has 0 amide bonds. The predicted octanol–water partition coefficient (Wildman–Crippen LogP) is 6.37. The minimum absolute atomic E-state index is 0.0434. The van der Waals surface area contributed by atoms with Gasteiger partial charge in [-0.15, -0.1) is 0 Å². The Labute approximate surface area is 278 Å². The van der Waals surface area contributed by atoms with E-state index in [0.29, 0.717) is 25.7 Å². The Morgan fingerprint density at radius 2 is 1.24 bits per heavy atom. The van der Waals surface area contributed by atoms with Crippen molar-refractivity contribution in [2.75, 3.05) is 13.2 Å². The van der Waals surface area contributed by atoms with E-state index in [1.165, 1.54) is 38.5 Å². The number of carbonyl (C=O) groups excluding carboxylic acids is 3. The lowest BCUT2D eigenvalue weighted by molar-refractivity contribution is -0.152. The van der Waals surface area contributed by atoms with Crippen LogP contribution in [-0.2, 0) is 23.9 Å². The highest BCUT2D eigenvalue weighted by atomic mass is 16.6. The molecule has 0 saturated heterocycles. The van der Waals surface area contributed by atoms with Crippen LogP contribution in [-0.4, -0.2) is 75.8 Å². The number of Topliss-reactive ketones (excluding diaryl/α,β-unsaturated/α-hetero) is 1. The van der Waals surface area contributed by atoms with Crippen LogP contribution in [0.5, 0.6) is 0 Å². The van der Waals surface area contributed by atoms with Crippen LogP contribution in [0.25, 0.3) is 0 Å². The predicted molar refractivity (Wildman–Crippen MR) is 180 cm³/mol. The summed E-state index contributed by atoms with van der Waals surface area (Å²) in [7, 11) is 0. The fourth-order valence-corrected chi connectivity index (χ4v) is 6.03. The smallest absolute Gasteiger partial charge is 0.305 e. The van der Waals surface area contributed by atoms with Gasteiger partial charge in [-0.1, -0.05) is 104 Å². The van der Waals surface area contributed by atoms with Crippen LogP contribution in [0.4, 0.5) is 0 Å². The van der Waals surface area contributed by atoms with E-state index in [1.54, 1.807) is 12.2 Å². The maximum atomic E-state index is 12.6. The first-order valence-electron chi connectivity index (χ1n) is 18.3. The van der Waals surface area contributed by atoms with E-state index in [2.05, 4.69) is 20.8 Å². The summed E-state index contributed by atoms with van der Waals surface area (Å²) in [5.74, 6) is -0.895. The molecule has 1 fully saturated rings. The van der Waals surface area contributed by atoms with Gasteiger partial charge in [0.05, 0.1) is 18.3 Å². The number of ketones is 1. The van der Waals surface area contributed by atoms with Crippen molar-refractivity contribution in [1.29, 1.82) is 0 Å². The zero-order valence-corrected chi connectivity index (χ0v) is 29.1. The molecule has 0 aliphatic heterocycles. The molecule has 1 rings (SSSR count). The van der Waals surface area contributed by atoms with Crippen molar-refractivity contribution in [3.8, 4) is 0 Å². The Bertz CT molecular complexity index is 843. The average molecular weight is 655 g/mol. The van der Waals surface area contributed by atoms with Crippen LogP contribution in [0, 0.1) is 17.8 Å². The summed E-state index contributed by atoms with van der Waals surface area (Å²) >= 11 is 0. The Balaban J connectivity index is 2.12. The number of rotatable bonds is 28. The molecule has 46 heavy (non-hydrogen) atoms. The monoisotopic (exact) mass is 654 g/mol. The molecule has 9 nitrogen and oxygen atoms in total. The van der Waals surface area contributed by atoms with Gasteiger partial charge in [-0.25, -0.2) is 0 Å². The molecule has 1 aliphatic rings. The van der Waals surface area contributed by atoms with E-state index in [-0.39, 0.29) is 56.6 Å². The van der Waals surface area contributed by atoms with Crippen LogP contribution in [0.1, 0.15) is 149 Å². The molecule has 4 N–H and O–H groups in total. The van der Waals surface area contributed by atoms with E-state index < -0.39 is 36.3 Å². The number of aliphatic hydroxyl groups excluding tert-OH is 4. The third-order valence-electron chi connectivity index (χ3n) is 8.91. The van der Waals surface area contributed by atoms with Gasteiger partial charge >= 0.3 is 11.9 Å². The van der Waals surface area contributed by atoms with Crippen molar-refractivity contribution in [3.05, 3.63) is 12.2 Å². The van der Waals surface area contributed by atoms with Crippen LogP contribution < -0.4 is 0 Å². The van der Waals surface area contributed by atoms with Crippen LogP contribution in [0.3, 0.4) is 0 Å². The Hall–Kier alpha value is -1.81. The molecule has 0 bridgehead atoms. The van der Waals surface area contributed by atoms with Gasteiger partial charge in [0.15, 0.2) is 0 Å². The van der Waals surface area contributed by atoms with Crippen molar-refractivity contribution < 1.29 is 44.3 Å². The fourth-order valence-electron chi connectivity index (χ4n) is 6.03. The summed E-state index contributed by atoms with van der Waals surface area (Å²) in [5.41, 5.74) is 0. The minimum Gasteiger partial charge on any atom is -0.463 e. The molecule has 0 spiro atoms. The highest BCUT2D eigenvalue weighted by Crippen LogP contribution is 2.36. The third kappa shape index (κ3) is 21.1. The molecule has 268 valence electrons. The molecule has 0 radical (unpaired) electrons. The summed E-state index contributed by atoms with van der Waals surface area (Å²) in [5, 5.41) is 41.0. The number of unbranched alkanes of at least 4 members (excludes halogenated alkanes) is 10. The molecule has 1 aliphatic carbocycles. The van der Waals surface area contributed by atoms with Gasteiger partial charge in [-0.05, 0) is 31.6 Å². The first kappa shape index (κ1) is 42.2. The molecule has 0 aromatic heterocycles. The van der Waals surface area contributed by atoms with Crippen molar-refractivity contribution in [2.45, 2.75) is 174 Å². The van der Waals surface area contributed by atoms with Crippen LogP contribution in [0.2, 0.25) is 0 Å². The summed E-state index contributed by atoms with van der Waals surface area (Å²) in [6.07, 6.45) is 16.3. The number of aliphatic hydroxyl groups is 4. The van der Waals surface area contributed by atoms with E-state index in [1.807, 2.05) is 0 Å². The first-order valence-corrected chi connectivity index (χ1v) is 18.3. The lowest BCUT2D eigenvalue weighted by atomic mass is 9.87. The number of hydrogen-bond acceptors (Lipinski definition) is 9. The van der Waals surface area contributed by atoms with Gasteiger partial charge in [-0.2, -0.15) is 0 Å². The van der Waals surface area contributed by atoms with Gasteiger partial charge in [0, 0.05) is 43.9 Å². The van der Waals surface area contributed by atoms with Gasteiger partial charge in [-0.3, -0.25) is 14.4 Å². The summed E-state index contributed by atoms with van der Waals surface area (Å²) in [6.45, 7) is 6.14. The van der Waals surface area contributed by atoms with Gasteiger partial charge < -0.3 is 29.9 Å². The van der Waals surface area contributed by atoms with Gasteiger partial charge in [0.25, 0.3) is 0 Å². The standard InChI is InChI=1S/C37H66O9/c1-4-5-12-18-29(38)22-23-32-33(35(42)25-34(32)41)24-30(39)19-15-16-21-37(44)46-27-31(40)26-45-36(43)20-14-11-9-7-6-8-10-13-17-28(2)3/h22-23,28-29,31-35,38,40-42H,4-21,24-27H2,1-3H3/b23-22+/t29-,31+,32+,33+,34+,35-/m0/s1. The molecule has 6 atom stereocenters. The zero-order chi connectivity index (χ0) is 34.2. The molecule has 0 aromatic rings. The van der Waals surface area contributed by atoms with Crippen LogP contribution >= 0.6 is 0 Å². The number of ether oxygens (including phenoxy) is 2. The maximum absolute atomic E-state index is 12.6. The fraction of sp³-hybridized carbons (Fsp3) is 0.865. The molecule has 0 aromatic carbocycles. The van der Waals surface area contributed by atoms with E-state index in [4.69, 9.17) is 9.47 Å². The summed E-state index contributed by atoms with van der Waals surface area (Å²) in [4.78, 5) is 36.6. The second kappa shape index (κ2) is 26.2. The van der Waals surface area contributed by atoms with E-state index in [9.17, 15) is 34.8 Å². The van der Waals surface area contributed by atoms with Gasteiger partial charge in [0.2, 0.25) is 0 Å². The Morgan fingerprint density at radius 3 is 1.83 bits per heavy atom. The largest absolute Gasteiger partial charge is 0.463 e. The van der Waals surface area contributed by atoms with Crippen molar-refractivity contribution in [2.24, 2.45) is 17.8 Å². The second-order valence-electron chi connectivity index (χ2n) is 13.8. The van der Waals surface area contributed by atoms with E-state index in [0.717, 1.165) is 44.4 Å². The molecule has 0 unspecified atom stereocenters. The van der Waals surface area contributed by atoms with Crippen molar-refractivity contribution in [1.82, 2.24) is 0 Å². The number of hydrogen-bond donors (Lipinski definition) is 4. The molecule has 1 saturated carbocycles. The quantitative estimate of drug-likeness (QED) is 0.0429. The third-order valence-corrected chi connectivity index (χ3v) is 8.91. The zero-order valence-electron chi connectivity index (χ0n) is 29.1. The number of esters is 2. The second-order valence-corrected chi connectivity index (χ2v) is 13.8. The molecular weight excluding hydrogens is 588 g/mol. The average Bonchev–Trinajstić information content (AvgIpc) is 3.27. The topological polar surface area (TPSA) is 151 Å². The van der Waals surface area contributed by atoms with Crippen LogP contribution in [0.15, 0.2) is 12.2 Å². The van der Waals surface area contributed by atoms with Crippen molar-refractivity contribution in [3.63, 3.8) is 0 Å². The SMILES string of the molecule is CCCCC[C@H](O)/C=C/[C@@H]1[C@@H](CC(=O)CCCCC(=O)OC[C@H](O)COC(=O)CCCCCCCCCCC(C)C)[C@@H](O)C[C@H]1O. The lowest BCUT2D eigenvalue weighted by Crippen LogP contribution is -2.25. The van der Waals surface area contributed by atoms with E-state index >= 15 is 0 Å².